The van der Waals surface area contributed by atoms with Crippen LogP contribution in [0.2, 0.25) is 0 Å². The molecule has 2 fully saturated rings. The normalized spacial score (nSPS) is 20.3. The number of carboxylic acids is 1. The standard InChI is InChI=1S/C14H25NO5.C11H21NO3.C2H6O.Cl2OS.ClH/c1-9(12(16)17)11(19-5)10-7-6-8-15(10)13(18)20-14(2,3)4;1-4-15-11(13)8(2)10(14-3)9-6-5-7-12-9;1-2-3;1-4(2)3;/h9-11H,6-8H2,1-5H3,(H,16,17);8-10,12H,4-7H2,1-3H3;3H,2H2,1H3;;1H/t9-,10+,11-;8-,9+,10-;;;/m11.../s1. The van der Waals surface area contributed by atoms with Crippen molar-refractivity contribution in [2.45, 2.75) is 104 Å². The highest BCUT2D eigenvalue weighted by molar-refractivity contribution is 8.26. The number of aliphatic hydroxyl groups excluding tert-OH is 1. The van der Waals surface area contributed by atoms with Gasteiger partial charge in [0.15, 0.2) is 0 Å². The Labute approximate surface area is 274 Å². The molecule has 2 aliphatic rings. The summed E-state index contributed by atoms with van der Waals surface area (Å²) in [5, 5.41) is 20.1. The molecule has 16 heteroatoms. The molecule has 2 saturated heterocycles. The van der Waals surface area contributed by atoms with Gasteiger partial charge >= 0.3 is 18.0 Å². The first-order chi connectivity index (χ1) is 19.5. The monoisotopic (exact) mass is 702 g/mol. The summed E-state index contributed by atoms with van der Waals surface area (Å²) in [6, 6.07) is 0.0374. The summed E-state index contributed by atoms with van der Waals surface area (Å²) in [5.41, 5.74) is -0.564. The number of hydrogen-bond acceptors (Lipinski definition) is 10. The average molecular weight is 704 g/mol. The molecule has 2 aliphatic heterocycles. The lowest BCUT2D eigenvalue weighted by molar-refractivity contribution is -0.153. The quantitative estimate of drug-likeness (QED) is 0.229. The molecule has 0 unspecified atom stereocenters. The first-order valence-corrected chi connectivity index (χ1v) is 16.9. The Hall–Kier alpha value is -0.930. The Kier molecular flexibility index (Phi) is 27.3. The van der Waals surface area contributed by atoms with Crippen molar-refractivity contribution >= 4 is 61.0 Å². The van der Waals surface area contributed by atoms with Gasteiger partial charge in [-0.15, -0.1) is 12.4 Å². The molecule has 0 aromatic carbocycles. The fourth-order valence-corrected chi connectivity index (χ4v) is 4.63. The lowest BCUT2D eigenvalue weighted by atomic mass is 9.96. The molecule has 0 bridgehead atoms. The first-order valence-electron chi connectivity index (χ1n) is 14.1. The fraction of sp³-hybridized carbons (Fsp3) is 0.889. The molecule has 0 aromatic heterocycles. The molecule has 12 nitrogen and oxygen atoms in total. The minimum atomic E-state index is -1.67. The number of nitrogens with one attached hydrogen (secondary N) is 1. The summed E-state index contributed by atoms with van der Waals surface area (Å²) in [4.78, 5) is 36.5. The fourth-order valence-electron chi connectivity index (χ4n) is 4.63. The van der Waals surface area contributed by atoms with Crippen molar-refractivity contribution in [3.63, 3.8) is 0 Å². The van der Waals surface area contributed by atoms with Crippen LogP contribution < -0.4 is 5.32 Å². The smallest absolute Gasteiger partial charge is 0.410 e. The topological polar surface area (TPSA) is 161 Å². The van der Waals surface area contributed by atoms with Gasteiger partial charge in [-0.05, 0) is 80.7 Å². The second-order valence-corrected chi connectivity index (χ2v) is 13.2. The second-order valence-electron chi connectivity index (χ2n) is 10.7. The van der Waals surface area contributed by atoms with Crippen molar-refractivity contribution in [3.8, 4) is 0 Å². The Balaban J connectivity index is -0.000000613. The molecule has 3 N–H and O–H groups in total. The van der Waals surface area contributed by atoms with Gasteiger partial charge in [-0.3, -0.25) is 9.59 Å². The number of methoxy groups -OCH3 is 2. The van der Waals surface area contributed by atoms with E-state index in [4.69, 9.17) is 33.4 Å². The third kappa shape index (κ3) is 19.9. The zero-order valence-corrected chi connectivity index (χ0v) is 29.9. The maximum atomic E-state index is 12.2. The van der Waals surface area contributed by atoms with E-state index in [0.717, 1.165) is 32.2 Å². The van der Waals surface area contributed by atoms with Gasteiger partial charge in [0.2, 0.25) is 9.23 Å². The number of halogens is 3. The zero-order valence-electron chi connectivity index (χ0n) is 26.8. The minimum absolute atomic E-state index is 0. The largest absolute Gasteiger partial charge is 0.481 e. The van der Waals surface area contributed by atoms with E-state index in [2.05, 4.69) is 26.7 Å². The van der Waals surface area contributed by atoms with Crippen LogP contribution in [0.3, 0.4) is 0 Å². The van der Waals surface area contributed by atoms with E-state index in [1.807, 2.05) is 34.6 Å². The number of esters is 1. The molecule has 1 amide bonds. The molecular formula is C27H53Cl3N2O10S. The van der Waals surface area contributed by atoms with Crippen molar-refractivity contribution in [3.05, 3.63) is 0 Å². The highest BCUT2D eigenvalue weighted by Crippen LogP contribution is 2.28. The third-order valence-electron chi connectivity index (χ3n) is 6.38. The van der Waals surface area contributed by atoms with Crippen LogP contribution in [0, 0.1) is 11.8 Å². The number of amides is 1. The van der Waals surface area contributed by atoms with Crippen LogP contribution in [0.5, 0.6) is 0 Å². The van der Waals surface area contributed by atoms with E-state index in [0.29, 0.717) is 13.2 Å². The highest BCUT2D eigenvalue weighted by Gasteiger charge is 2.41. The molecular weight excluding hydrogens is 651 g/mol. The van der Waals surface area contributed by atoms with Gasteiger partial charge < -0.3 is 39.4 Å². The van der Waals surface area contributed by atoms with Gasteiger partial charge in [0.05, 0.1) is 36.7 Å². The maximum Gasteiger partial charge on any atom is 0.410 e. The number of aliphatic carboxylic acids is 1. The number of rotatable bonds is 9. The number of ether oxygens (including phenoxy) is 4. The zero-order chi connectivity index (χ0) is 33.0. The van der Waals surface area contributed by atoms with Gasteiger partial charge in [0, 0.05) is 54.8 Å². The predicted molar refractivity (Wildman–Crippen MR) is 171 cm³/mol. The Morgan fingerprint density at radius 1 is 1.02 bits per heavy atom. The molecule has 0 aliphatic carbocycles. The maximum absolute atomic E-state index is 12.2. The van der Waals surface area contributed by atoms with Crippen LogP contribution in [0.4, 0.5) is 4.79 Å². The molecule has 0 aromatic rings. The summed E-state index contributed by atoms with van der Waals surface area (Å²) >= 11 is 0. The SMILES string of the molecule is CCO.CCOC(=O)[C@H](C)[C@@H](OC)[C@@H]1CCCN1.CO[C@H]([C@@H](C)C(=O)O)[C@@H]1CCCN1C(=O)OC(C)(C)C.Cl.O=S(Cl)Cl. The van der Waals surface area contributed by atoms with Crippen molar-refractivity contribution in [1.82, 2.24) is 10.2 Å². The van der Waals surface area contributed by atoms with E-state index < -0.39 is 38.9 Å². The van der Waals surface area contributed by atoms with Gasteiger partial charge in [0.25, 0.3) is 0 Å². The summed E-state index contributed by atoms with van der Waals surface area (Å²) < 4.78 is 30.2. The van der Waals surface area contributed by atoms with E-state index >= 15 is 0 Å². The first kappa shape index (κ1) is 46.5. The molecule has 2 heterocycles. The molecule has 43 heavy (non-hydrogen) atoms. The molecule has 2 rings (SSSR count). The molecule has 258 valence electrons. The number of carbonyl (C=O) groups is 3. The van der Waals surface area contributed by atoms with Crippen LogP contribution in [-0.2, 0) is 37.8 Å². The summed E-state index contributed by atoms with van der Waals surface area (Å²) in [7, 11) is 10.5. The Morgan fingerprint density at radius 3 is 1.91 bits per heavy atom. The number of hydrogen-bond donors (Lipinski definition) is 3. The highest BCUT2D eigenvalue weighted by atomic mass is 36.0. The van der Waals surface area contributed by atoms with Crippen LogP contribution >= 0.6 is 33.8 Å². The van der Waals surface area contributed by atoms with Gasteiger partial charge in [-0.25, -0.2) is 9.00 Å². The average Bonchev–Trinajstić information content (AvgIpc) is 3.57. The van der Waals surface area contributed by atoms with Gasteiger partial charge in [-0.1, -0.05) is 0 Å². The second kappa shape index (κ2) is 25.3. The number of carboxylic acid groups (broad SMARTS) is 1. The van der Waals surface area contributed by atoms with E-state index in [1.165, 1.54) is 7.11 Å². The summed E-state index contributed by atoms with van der Waals surface area (Å²) in [6.45, 7) is 14.7. The molecule has 6 atom stereocenters. The predicted octanol–water partition coefficient (Wildman–Crippen LogP) is 4.54. The van der Waals surface area contributed by atoms with Crippen LogP contribution in [0.1, 0.15) is 74.1 Å². The van der Waals surface area contributed by atoms with Crippen LogP contribution in [0.25, 0.3) is 0 Å². The Bertz CT molecular complexity index is 797. The van der Waals surface area contributed by atoms with Crippen LogP contribution in [0.15, 0.2) is 0 Å². The molecule has 0 spiro atoms. The number of nitrogens with zero attached hydrogens (tertiary/aromatic N) is 1. The Morgan fingerprint density at radius 2 is 1.53 bits per heavy atom. The summed E-state index contributed by atoms with van der Waals surface area (Å²) in [5.74, 6) is -1.97. The minimum Gasteiger partial charge on any atom is -0.481 e. The number of likely N-dealkylation sites (tertiary alicyclic amines) is 1. The summed E-state index contributed by atoms with van der Waals surface area (Å²) in [6.07, 6.45) is 2.78. The van der Waals surface area contributed by atoms with Crippen molar-refractivity contribution in [2.75, 3.05) is 40.5 Å². The van der Waals surface area contributed by atoms with Crippen molar-refractivity contribution < 1.29 is 47.8 Å². The van der Waals surface area contributed by atoms with E-state index in [1.54, 1.807) is 25.9 Å². The van der Waals surface area contributed by atoms with Crippen molar-refractivity contribution in [2.24, 2.45) is 11.8 Å². The molecule has 0 radical (unpaired) electrons. The lowest BCUT2D eigenvalue weighted by Crippen LogP contribution is -2.49. The van der Waals surface area contributed by atoms with E-state index in [-0.39, 0.29) is 49.1 Å². The lowest BCUT2D eigenvalue weighted by Gasteiger charge is -2.34. The van der Waals surface area contributed by atoms with E-state index in [9.17, 15) is 14.4 Å². The van der Waals surface area contributed by atoms with Gasteiger partial charge in [0.1, 0.15) is 5.60 Å². The van der Waals surface area contributed by atoms with Crippen LogP contribution in [-0.4, -0.2) is 108 Å². The third-order valence-corrected chi connectivity index (χ3v) is 6.38. The number of carbonyl (C=O) groups excluding carboxylic acids is 2. The van der Waals surface area contributed by atoms with Gasteiger partial charge in [-0.2, -0.15) is 0 Å². The van der Waals surface area contributed by atoms with Crippen molar-refractivity contribution in [1.29, 1.82) is 0 Å². The number of aliphatic hydroxyl groups is 1. The molecule has 0 saturated carbocycles.